The third kappa shape index (κ3) is 7.64. The van der Waals surface area contributed by atoms with E-state index in [1.807, 2.05) is 32.0 Å². The minimum absolute atomic E-state index is 0.0448. The van der Waals surface area contributed by atoms with Gasteiger partial charge in [0.2, 0.25) is 0 Å². The van der Waals surface area contributed by atoms with Crippen molar-refractivity contribution in [3.8, 4) is 0 Å². The van der Waals surface area contributed by atoms with E-state index >= 15 is 0 Å². The Morgan fingerprint density at radius 3 is 2.11 bits per heavy atom. The first-order valence-corrected chi connectivity index (χ1v) is 12.4. The summed E-state index contributed by atoms with van der Waals surface area (Å²) < 4.78 is 0. The Balaban J connectivity index is 0.000000548. The number of hydrogen-bond acceptors (Lipinski definition) is 6. The number of benzene rings is 1. The van der Waals surface area contributed by atoms with E-state index in [-0.39, 0.29) is 30.8 Å². The van der Waals surface area contributed by atoms with Crippen LogP contribution in [-0.4, -0.2) is 62.4 Å². The van der Waals surface area contributed by atoms with Crippen LogP contribution in [0.25, 0.3) is 0 Å². The van der Waals surface area contributed by atoms with Crippen molar-refractivity contribution in [1.82, 2.24) is 0 Å². The Kier molecular flexibility index (Phi) is 11.3. The van der Waals surface area contributed by atoms with Crippen molar-refractivity contribution >= 4 is 23.4 Å². The molecule has 1 heterocycles. The third-order valence-electron chi connectivity index (χ3n) is 7.11. The molecule has 0 saturated carbocycles. The van der Waals surface area contributed by atoms with Crippen molar-refractivity contribution in [2.45, 2.75) is 78.5 Å². The zero-order valence-corrected chi connectivity index (χ0v) is 22.3. The molecule has 1 aromatic carbocycles. The van der Waals surface area contributed by atoms with Gasteiger partial charge in [-0.25, -0.2) is 0 Å². The van der Waals surface area contributed by atoms with Crippen LogP contribution < -0.4 is 4.90 Å². The second kappa shape index (κ2) is 13.0. The van der Waals surface area contributed by atoms with Crippen molar-refractivity contribution in [2.75, 3.05) is 11.5 Å². The number of nitrogens with zero attached hydrogens (tertiary/aromatic N) is 1. The predicted octanol–water partition coefficient (Wildman–Crippen LogP) is 4.00. The van der Waals surface area contributed by atoms with E-state index in [4.69, 9.17) is 10.2 Å². The maximum atomic E-state index is 12.6. The summed E-state index contributed by atoms with van der Waals surface area (Å²) in [5.41, 5.74) is -0.691. The molecule has 1 fully saturated rings. The summed E-state index contributed by atoms with van der Waals surface area (Å²) >= 11 is 0. The second-order valence-corrected chi connectivity index (χ2v) is 11.0. The maximum absolute atomic E-state index is 12.6. The monoisotopic (exact) mass is 505 g/mol. The number of allylic oxidation sites excluding steroid dienone is 1. The molecular weight excluding hydrogens is 462 g/mol. The van der Waals surface area contributed by atoms with Crippen LogP contribution in [0, 0.1) is 23.2 Å². The lowest BCUT2D eigenvalue weighted by atomic mass is 9.68. The number of carbonyl (C=O) groups excluding carboxylic acids is 1. The molecule has 4 unspecified atom stereocenters. The number of rotatable bonds is 10. The predicted molar refractivity (Wildman–Crippen MR) is 140 cm³/mol. The lowest BCUT2D eigenvalue weighted by Crippen LogP contribution is -2.66. The van der Waals surface area contributed by atoms with Gasteiger partial charge in [-0.2, -0.15) is 0 Å². The Hall–Kier alpha value is -2.71. The number of para-hydroxylation sites is 1. The van der Waals surface area contributed by atoms with E-state index in [9.17, 15) is 24.6 Å². The lowest BCUT2D eigenvalue weighted by molar-refractivity contribution is -0.153. The van der Waals surface area contributed by atoms with Crippen LogP contribution in [0.1, 0.15) is 60.8 Å². The first-order chi connectivity index (χ1) is 16.6. The fourth-order valence-electron chi connectivity index (χ4n) is 5.25. The van der Waals surface area contributed by atoms with Crippen molar-refractivity contribution < 1.29 is 34.8 Å². The number of hydrogen-bond donors (Lipinski definition) is 4. The van der Waals surface area contributed by atoms with Crippen molar-refractivity contribution in [2.24, 2.45) is 23.2 Å². The molecule has 0 spiro atoms. The molecule has 8 nitrogen and oxygen atoms in total. The summed E-state index contributed by atoms with van der Waals surface area (Å²) in [7, 11) is 0. The van der Waals surface area contributed by atoms with E-state index in [2.05, 4.69) is 37.5 Å². The standard InChI is InChI=1S/C22H33NO3.C6H10O4/c1-6-19(25)21-20(26)14-18(17(12-13-24)15(2)3)23(22(21,4)5)16-10-8-7-9-11-16;1-6(2,5(9)10)3-4(7)8/h6-11,15,17-18,20-21,24,26H,1,12-14H2,2-5H3;3H2,1-2H3,(H,7,8)(H,9,10). The topological polar surface area (TPSA) is 135 Å². The summed E-state index contributed by atoms with van der Waals surface area (Å²) in [6, 6.07) is 10.1. The number of piperidine rings is 1. The van der Waals surface area contributed by atoms with Crippen LogP contribution in [0.4, 0.5) is 5.69 Å². The van der Waals surface area contributed by atoms with E-state index in [1.54, 1.807) is 0 Å². The minimum atomic E-state index is -1.16. The average molecular weight is 506 g/mol. The molecule has 0 bridgehead atoms. The lowest BCUT2D eigenvalue weighted by Gasteiger charge is -2.57. The van der Waals surface area contributed by atoms with Gasteiger partial charge in [0, 0.05) is 23.9 Å². The van der Waals surface area contributed by atoms with E-state index in [1.165, 1.54) is 19.9 Å². The van der Waals surface area contributed by atoms with E-state index < -0.39 is 34.9 Å². The summed E-state index contributed by atoms with van der Waals surface area (Å²) in [6.45, 7) is 14.9. The van der Waals surface area contributed by atoms with E-state index in [0.29, 0.717) is 18.8 Å². The quantitative estimate of drug-likeness (QED) is 0.350. The number of aliphatic hydroxyl groups is 2. The summed E-state index contributed by atoms with van der Waals surface area (Å²) in [4.78, 5) is 35.2. The Bertz CT molecular complexity index is 894. The zero-order chi connectivity index (χ0) is 27.8. The van der Waals surface area contributed by atoms with Gasteiger partial charge < -0.3 is 25.3 Å². The van der Waals surface area contributed by atoms with Gasteiger partial charge in [0.1, 0.15) is 0 Å². The van der Waals surface area contributed by atoms with Gasteiger partial charge >= 0.3 is 11.9 Å². The highest BCUT2D eigenvalue weighted by Gasteiger charge is 2.52. The molecule has 1 aliphatic heterocycles. The molecule has 0 radical (unpaired) electrons. The van der Waals surface area contributed by atoms with Crippen LogP contribution in [0.5, 0.6) is 0 Å². The number of carboxylic acids is 2. The first-order valence-electron chi connectivity index (χ1n) is 12.4. The average Bonchev–Trinajstić information content (AvgIpc) is 2.76. The van der Waals surface area contributed by atoms with Crippen LogP contribution in [-0.2, 0) is 14.4 Å². The molecular formula is C28H43NO7. The minimum Gasteiger partial charge on any atom is -0.481 e. The molecule has 202 valence electrons. The highest BCUT2D eigenvalue weighted by atomic mass is 16.4. The number of carboxylic acid groups (broad SMARTS) is 2. The molecule has 1 saturated heterocycles. The van der Waals surface area contributed by atoms with Crippen molar-refractivity contribution in [1.29, 1.82) is 0 Å². The van der Waals surface area contributed by atoms with Crippen LogP contribution in [0.2, 0.25) is 0 Å². The number of anilines is 1. The molecule has 2 rings (SSSR count). The number of aliphatic hydroxyl groups excluding tert-OH is 2. The summed E-state index contributed by atoms with van der Waals surface area (Å²) in [5, 5.41) is 37.1. The van der Waals surface area contributed by atoms with Crippen molar-refractivity contribution in [3.05, 3.63) is 43.0 Å². The SMILES string of the molecule is C=CC(=O)C1C(O)CC(C(CCO)C(C)C)N(c2ccccc2)C1(C)C.CC(C)(CC(=O)O)C(=O)O. The Morgan fingerprint density at radius 2 is 1.72 bits per heavy atom. The molecule has 4 N–H and O–H groups in total. The number of carbonyl (C=O) groups is 3. The zero-order valence-electron chi connectivity index (χ0n) is 22.3. The van der Waals surface area contributed by atoms with Gasteiger partial charge in [-0.05, 0) is 70.6 Å². The van der Waals surface area contributed by atoms with Crippen molar-refractivity contribution in [3.63, 3.8) is 0 Å². The van der Waals surface area contributed by atoms with Gasteiger partial charge in [-0.1, -0.05) is 38.6 Å². The molecule has 1 aliphatic rings. The summed E-state index contributed by atoms with van der Waals surface area (Å²) in [5.74, 6) is -2.26. The second-order valence-electron chi connectivity index (χ2n) is 11.0. The fraction of sp³-hybridized carbons (Fsp3) is 0.607. The number of aliphatic carboxylic acids is 2. The highest BCUT2D eigenvalue weighted by Crippen LogP contribution is 2.44. The molecule has 36 heavy (non-hydrogen) atoms. The highest BCUT2D eigenvalue weighted by molar-refractivity contribution is 5.93. The number of ketones is 1. The van der Waals surface area contributed by atoms with Gasteiger partial charge in [0.05, 0.1) is 23.9 Å². The fourth-order valence-corrected chi connectivity index (χ4v) is 5.25. The Labute approximate surface area is 214 Å². The molecule has 0 aliphatic carbocycles. The van der Waals surface area contributed by atoms with Crippen LogP contribution in [0.3, 0.4) is 0 Å². The van der Waals surface area contributed by atoms with Gasteiger partial charge in [-0.3, -0.25) is 14.4 Å². The Morgan fingerprint density at radius 1 is 1.17 bits per heavy atom. The van der Waals surface area contributed by atoms with E-state index in [0.717, 1.165) is 5.69 Å². The van der Waals surface area contributed by atoms with Gasteiger partial charge in [0.15, 0.2) is 5.78 Å². The molecule has 0 aromatic heterocycles. The van der Waals surface area contributed by atoms with Crippen LogP contribution in [0.15, 0.2) is 43.0 Å². The molecule has 8 heteroatoms. The van der Waals surface area contributed by atoms with Crippen LogP contribution >= 0.6 is 0 Å². The first kappa shape index (κ1) is 31.3. The molecule has 0 amide bonds. The smallest absolute Gasteiger partial charge is 0.309 e. The largest absolute Gasteiger partial charge is 0.481 e. The van der Waals surface area contributed by atoms with Gasteiger partial charge in [-0.15, -0.1) is 0 Å². The van der Waals surface area contributed by atoms with Gasteiger partial charge in [0.25, 0.3) is 0 Å². The summed E-state index contributed by atoms with van der Waals surface area (Å²) in [6.07, 6.45) is 1.44. The molecule has 1 aromatic rings. The third-order valence-corrected chi connectivity index (χ3v) is 7.11. The maximum Gasteiger partial charge on any atom is 0.309 e. The molecule has 4 atom stereocenters. The normalized spacial score (nSPS) is 22.2.